The Balaban J connectivity index is 1.98. The first kappa shape index (κ1) is 15.8. The van der Waals surface area contributed by atoms with Crippen LogP contribution in [0.5, 0.6) is 0 Å². The number of rotatable bonds is 5. The summed E-state index contributed by atoms with van der Waals surface area (Å²) in [5.74, 6) is 0. The molecule has 20 heavy (non-hydrogen) atoms. The van der Waals surface area contributed by atoms with Crippen LogP contribution in [-0.4, -0.2) is 49.8 Å². The van der Waals surface area contributed by atoms with Crippen LogP contribution in [0.25, 0.3) is 0 Å². The average molecular weight is 297 g/mol. The Labute approximate surface area is 127 Å². The quantitative estimate of drug-likeness (QED) is 0.904. The van der Waals surface area contributed by atoms with E-state index in [0.717, 1.165) is 31.1 Å². The van der Waals surface area contributed by atoms with Gasteiger partial charge in [0.2, 0.25) is 0 Å². The lowest BCUT2D eigenvalue weighted by molar-refractivity contribution is -0.0541. The van der Waals surface area contributed by atoms with Gasteiger partial charge in [-0.1, -0.05) is 23.7 Å². The molecule has 0 bridgehead atoms. The molecular formula is C16H25ClN2O. The summed E-state index contributed by atoms with van der Waals surface area (Å²) in [6, 6.07) is 9.00. The summed E-state index contributed by atoms with van der Waals surface area (Å²) in [6.45, 7) is 7.34. The second-order valence-corrected chi connectivity index (χ2v) is 6.16. The first-order valence-corrected chi connectivity index (χ1v) is 7.75. The third-order valence-electron chi connectivity index (χ3n) is 4.04. The van der Waals surface area contributed by atoms with Gasteiger partial charge in [0.05, 0.1) is 12.7 Å². The van der Waals surface area contributed by atoms with Crippen LogP contribution in [-0.2, 0) is 11.2 Å². The predicted molar refractivity (Wildman–Crippen MR) is 84.5 cm³/mol. The lowest BCUT2D eigenvalue weighted by Gasteiger charge is -2.39. The Hall–Kier alpha value is -0.610. The molecule has 0 amide bonds. The Morgan fingerprint density at radius 1 is 1.35 bits per heavy atom. The highest BCUT2D eigenvalue weighted by molar-refractivity contribution is 6.30. The number of benzene rings is 1. The van der Waals surface area contributed by atoms with E-state index >= 15 is 0 Å². The Bertz CT molecular complexity index is 407. The Morgan fingerprint density at radius 2 is 2.05 bits per heavy atom. The van der Waals surface area contributed by atoms with Crippen LogP contribution in [0.4, 0.5) is 0 Å². The van der Waals surface area contributed by atoms with Crippen molar-refractivity contribution in [2.45, 2.75) is 38.5 Å². The van der Waals surface area contributed by atoms with Crippen molar-refractivity contribution >= 4 is 11.6 Å². The standard InChI is InChI=1S/C16H25ClN2O/c1-12(2)19-8-9-20-16(11-19)15(18-3)10-13-4-6-14(17)7-5-13/h4-7,12,15-16,18H,8-11H2,1-3H3. The van der Waals surface area contributed by atoms with Crippen LogP contribution in [0, 0.1) is 0 Å². The fourth-order valence-electron chi connectivity index (χ4n) is 2.70. The Kier molecular flexibility index (Phi) is 5.85. The van der Waals surface area contributed by atoms with E-state index in [0.29, 0.717) is 12.1 Å². The van der Waals surface area contributed by atoms with Gasteiger partial charge in [0.15, 0.2) is 0 Å². The van der Waals surface area contributed by atoms with E-state index in [4.69, 9.17) is 16.3 Å². The summed E-state index contributed by atoms with van der Waals surface area (Å²) >= 11 is 5.94. The molecule has 0 aliphatic carbocycles. The normalized spacial score (nSPS) is 22.1. The van der Waals surface area contributed by atoms with Gasteiger partial charge >= 0.3 is 0 Å². The summed E-state index contributed by atoms with van der Waals surface area (Å²) in [6.07, 6.45) is 1.21. The zero-order valence-corrected chi connectivity index (χ0v) is 13.4. The highest BCUT2D eigenvalue weighted by atomic mass is 35.5. The number of likely N-dealkylation sites (N-methyl/N-ethyl adjacent to an activating group) is 1. The van der Waals surface area contributed by atoms with Crippen LogP contribution >= 0.6 is 11.6 Å². The monoisotopic (exact) mass is 296 g/mol. The van der Waals surface area contributed by atoms with E-state index in [-0.39, 0.29) is 6.10 Å². The lowest BCUT2D eigenvalue weighted by atomic mass is 10.00. The van der Waals surface area contributed by atoms with Gasteiger partial charge in [-0.15, -0.1) is 0 Å². The molecule has 4 heteroatoms. The molecule has 1 aromatic carbocycles. The van der Waals surface area contributed by atoms with Gasteiger partial charge in [0, 0.05) is 30.2 Å². The van der Waals surface area contributed by atoms with Gasteiger partial charge in [-0.3, -0.25) is 4.90 Å². The second kappa shape index (κ2) is 7.41. The molecule has 0 radical (unpaired) electrons. The molecule has 3 nitrogen and oxygen atoms in total. The van der Waals surface area contributed by atoms with Crippen molar-refractivity contribution in [3.63, 3.8) is 0 Å². The topological polar surface area (TPSA) is 24.5 Å². The van der Waals surface area contributed by atoms with Crippen molar-refractivity contribution in [1.82, 2.24) is 10.2 Å². The van der Waals surface area contributed by atoms with Crippen LogP contribution in [0.1, 0.15) is 19.4 Å². The van der Waals surface area contributed by atoms with E-state index in [2.05, 4.69) is 36.2 Å². The zero-order valence-electron chi connectivity index (χ0n) is 12.6. The molecule has 2 atom stereocenters. The van der Waals surface area contributed by atoms with E-state index in [9.17, 15) is 0 Å². The zero-order chi connectivity index (χ0) is 14.5. The molecule has 1 aliphatic heterocycles. The number of hydrogen-bond acceptors (Lipinski definition) is 3. The minimum Gasteiger partial charge on any atom is -0.374 e. The summed E-state index contributed by atoms with van der Waals surface area (Å²) in [5.41, 5.74) is 1.29. The SMILES string of the molecule is CNC(Cc1ccc(Cl)cc1)C1CN(C(C)C)CCO1. The molecule has 1 aromatic rings. The smallest absolute Gasteiger partial charge is 0.0858 e. The molecule has 112 valence electrons. The van der Waals surface area contributed by atoms with Gasteiger partial charge in [0.1, 0.15) is 0 Å². The summed E-state index contributed by atoms with van der Waals surface area (Å²) in [5, 5.41) is 4.20. The fraction of sp³-hybridized carbons (Fsp3) is 0.625. The van der Waals surface area contributed by atoms with Crippen molar-refractivity contribution < 1.29 is 4.74 Å². The second-order valence-electron chi connectivity index (χ2n) is 5.72. The third kappa shape index (κ3) is 4.19. The van der Waals surface area contributed by atoms with Crippen LogP contribution in [0.2, 0.25) is 5.02 Å². The maximum Gasteiger partial charge on any atom is 0.0858 e. The Morgan fingerprint density at radius 3 is 2.65 bits per heavy atom. The van der Waals surface area contributed by atoms with Crippen molar-refractivity contribution in [3.05, 3.63) is 34.9 Å². The summed E-state index contributed by atoms with van der Waals surface area (Å²) in [4.78, 5) is 2.49. The number of nitrogens with one attached hydrogen (secondary N) is 1. The van der Waals surface area contributed by atoms with Crippen molar-refractivity contribution in [3.8, 4) is 0 Å². The molecular weight excluding hydrogens is 272 g/mol. The van der Waals surface area contributed by atoms with Crippen LogP contribution < -0.4 is 5.32 Å². The largest absolute Gasteiger partial charge is 0.374 e. The molecule has 1 aliphatic rings. The number of ether oxygens (including phenoxy) is 1. The average Bonchev–Trinajstić information content (AvgIpc) is 2.46. The van der Waals surface area contributed by atoms with Crippen molar-refractivity contribution in [2.24, 2.45) is 0 Å². The van der Waals surface area contributed by atoms with Gasteiger partial charge < -0.3 is 10.1 Å². The molecule has 1 fully saturated rings. The van der Waals surface area contributed by atoms with Crippen molar-refractivity contribution in [1.29, 1.82) is 0 Å². The van der Waals surface area contributed by atoms with Crippen LogP contribution in [0.3, 0.4) is 0 Å². The van der Waals surface area contributed by atoms with Gasteiger partial charge in [-0.25, -0.2) is 0 Å². The summed E-state index contributed by atoms with van der Waals surface area (Å²) in [7, 11) is 2.01. The van der Waals surface area contributed by atoms with Crippen LogP contribution in [0.15, 0.2) is 24.3 Å². The molecule has 2 unspecified atom stereocenters. The van der Waals surface area contributed by atoms with Gasteiger partial charge in [-0.05, 0) is 45.0 Å². The molecule has 1 N–H and O–H groups in total. The minimum absolute atomic E-state index is 0.242. The molecule has 0 saturated carbocycles. The highest BCUT2D eigenvalue weighted by Gasteiger charge is 2.28. The maximum absolute atomic E-state index is 5.98. The number of halogens is 1. The molecule has 1 heterocycles. The fourth-order valence-corrected chi connectivity index (χ4v) is 2.83. The first-order chi connectivity index (χ1) is 9.60. The maximum atomic E-state index is 5.98. The third-order valence-corrected chi connectivity index (χ3v) is 4.30. The van der Waals surface area contributed by atoms with E-state index in [1.54, 1.807) is 0 Å². The lowest BCUT2D eigenvalue weighted by Crippen LogP contribution is -2.53. The predicted octanol–water partition coefficient (Wildman–Crippen LogP) is 2.58. The van der Waals surface area contributed by atoms with Crippen molar-refractivity contribution in [2.75, 3.05) is 26.7 Å². The molecule has 0 spiro atoms. The molecule has 2 rings (SSSR count). The van der Waals surface area contributed by atoms with E-state index < -0.39 is 0 Å². The minimum atomic E-state index is 0.242. The highest BCUT2D eigenvalue weighted by Crippen LogP contribution is 2.16. The molecule has 1 saturated heterocycles. The number of morpholine rings is 1. The number of hydrogen-bond donors (Lipinski definition) is 1. The summed E-state index contributed by atoms with van der Waals surface area (Å²) < 4.78 is 5.98. The van der Waals surface area contributed by atoms with E-state index in [1.165, 1.54) is 5.56 Å². The number of nitrogens with zero attached hydrogens (tertiary/aromatic N) is 1. The molecule has 0 aromatic heterocycles. The van der Waals surface area contributed by atoms with E-state index in [1.807, 2.05) is 19.2 Å². The first-order valence-electron chi connectivity index (χ1n) is 7.37. The van der Waals surface area contributed by atoms with Gasteiger partial charge in [-0.2, -0.15) is 0 Å². The van der Waals surface area contributed by atoms with Gasteiger partial charge in [0.25, 0.3) is 0 Å².